The van der Waals surface area contributed by atoms with Gasteiger partial charge in [-0.1, -0.05) is 0 Å². The number of fused-ring (bicyclic) bond motifs is 1. The molecule has 0 unspecified atom stereocenters. The molecule has 1 heterocycles. The first-order valence-corrected chi connectivity index (χ1v) is 8.90. The van der Waals surface area contributed by atoms with Crippen molar-refractivity contribution in [2.24, 2.45) is 14.1 Å². The van der Waals surface area contributed by atoms with E-state index < -0.39 is 40.9 Å². The summed E-state index contributed by atoms with van der Waals surface area (Å²) in [7, 11) is 4.20. The van der Waals surface area contributed by atoms with E-state index in [0.29, 0.717) is 11.0 Å². The Hall–Kier alpha value is -3.57. The first-order chi connectivity index (χ1) is 13.7. The SMILES string of the molecule is CN(C(=O)OC(C)(C)C)[C@@H](COc1cc2c(cc1[N+](=O)[O-])n(C)c(=O)n2C)C(=O)O. The Kier molecular flexibility index (Phi) is 6.09. The van der Waals surface area contributed by atoms with E-state index in [4.69, 9.17) is 9.47 Å². The Labute approximate surface area is 171 Å². The van der Waals surface area contributed by atoms with E-state index in [1.54, 1.807) is 20.8 Å². The van der Waals surface area contributed by atoms with E-state index >= 15 is 0 Å². The van der Waals surface area contributed by atoms with Crippen LogP contribution in [0, 0.1) is 10.1 Å². The number of carboxylic acid groups (broad SMARTS) is 1. The molecule has 12 heteroatoms. The second kappa shape index (κ2) is 8.05. The first-order valence-electron chi connectivity index (χ1n) is 8.90. The van der Waals surface area contributed by atoms with Crippen molar-refractivity contribution in [2.45, 2.75) is 32.4 Å². The van der Waals surface area contributed by atoms with Crippen LogP contribution in [0.3, 0.4) is 0 Å². The summed E-state index contributed by atoms with van der Waals surface area (Å²) in [6.45, 7) is 4.33. The molecule has 0 radical (unpaired) electrons. The number of aliphatic carboxylic acids is 1. The number of nitro groups is 1. The fourth-order valence-corrected chi connectivity index (χ4v) is 2.75. The number of nitrogens with zero attached hydrogens (tertiary/aromatic N) is 4. The second-order valence-electron chi connectivity index (χ2n) is 7.72. The lowest BCUT2D eigenvalue weighted by Gasteiger charge is -2.28. The van der Waals surface area contributed by atoms with Gasteiger partial charge in [-0.3, -0.25) is 24.1 Å². The molecular formula is C18H24N4O8. The van der Waals surface area contributed by atoms with Gasteiger partial charge in [0.05, 0.1) is 16.0 Å². The number of likely N-dealkylation sites (N-methyl/N-ethyl adjacent to an activating group) is 1. The highest BCUT2D eigenvalue weighted by molar-refractivity contribution is 5.82. The summed E-state index contributed by atoms with van der Waals surface area (Å²) in [6, 6.07) is 1.01. The van der Waals surface area contributed by atoms with Crippen LogP contribution in [0.5, 0.6) is 5.75 Å². The zero-order valence-corrected chi connectivity index (χ0v) is 17.5. The molecule has 0 saturated carbocycles. The molecule has 1 aromatic carbocycles. The molecule has 0 aliphatic carbocycles. The van der Waals surface area contributed by atoms with Crippen LogP contribution < -0.4 is 10.4 Å². The van der Waals surface area contributed by atoms with Gasteiger partial charge < -0.3 is 14.6 Å². The van der Waals surface area contributed by atoms with Crippen molar-refractivity contribution in [1.82, 2.24) is 14.0 Å². The number of rotatable bonds is 6. The number of nitro benzene ring substituents is 1. The van der Waals surface area contributed by atoms with Crippen LogP contribution in [0.2, 0.25) is 0 Å². The van der Waals surface area contributed by atoms with Gasteiger partial charge in [-0.05, 0) is 20.8 Å². The van der Waals surface area contributed by atoms with Crippen molar-refractivity contribution in [3.8, 4) is 5.75 Å². The standard InChI is InChI=1S/C18H24N4O8/c1-18(2,3)30-17(26)21(6)13(15(23)24)9-29-14-8-11-10(7-12(14)22(27)28)19(4)16(25)20(11)5/h7-8,13H,9H2,1-6H3,(H,23,24)/t13-/m0/s1. The highest BCUT2D eigenvalue weighted by atomic mass is 16.6. The third-order valence-corrected chi connectivity index (χ3v) is 4.38. The Balaban J connectivity index is 2.37. The van der Waals surface area contributed by atoms with Crippen molar-refractivity contribution in [1.29, 1.82) is 0 Å². The highest BCUT2D eigenvalue weighted by Crippen LogP contribution is 2.32. The van der Waals surface area contributed by atoms with Crippen molar-refractivity contribution in [3.63, 3.8) is 0 Å². The van der Waals surface area contributed by atoms with E-state index in [1.165, 1.54) is 42.4 Å². The zero-order valence-electron chi connectivity index (χ0n) is 17.5. The molecule has 0 saturated heterocycles. The number of benzene rings is 1. The average Bonchev–Trinajstić information content (AvgIpc) is 2.83. The number of hydrogen-bond acceptors (Lipinski definition) is 7. The van der Waals surface area contributed by atoms with Crippen LogP contribution in [0.1, 0.15) is 20.8 Å². The fourth-order valence-electron chi connectivity index (χ4n) is 2.75. The van der Waals surface area contributed by atoms with Crippen LogP contribution in [0.25, 0.3) is 11.0 Å². The summed E-state index contributed by atoms with van der Waals surface area (Å²) in [5, 5.41) is 21.0. The number of ether oxygens (including phenoxy) is 2. The number of aryl methyl sites for hydroxylation is 2. The molecule has 0 aliphatic rings. The number of imidazole rings is 1. The van der Waals surface area contributed by atoms with Crippen LogP contribution in [0.15, 0.2) is 16.9 Å². The lowest BCUT2D eigenvalue weighted by atomic mass is 10.2. The quantitative estimate of drug-likeness (QED) is 0.542. The van der Waals surface area contributed by atoms with Crippen molar-refractivity contribution in [3.05, 3.63) is 32.7 Å². The number of carbonyl (C=O) groups excluding carboxylic acids is 1. The highest BCUT2D eigenvalue weighted by Gasteiger charge is 2.32. The summed E-state index contributed by atoms with van der Waals surface area (Å²) < 4.78 is 13.1. The van der Waals surface area contributed by atoms with E-state index in [1.807, 2.05) is 0 Å². The monoisotopic (exact) mass is 424 g/mol. The summed E-state index contributed by atoms with van der Waals surface area (Å²) in [5.74, 6) is -1.60. The van der Waals surface area contributed by atoms with E-state index in [2.05, 4.69) is 0 Å². The van der Waals surface area contributed by atoms with Gasteiger partial charge in [0.2, 0.25) is 0 Å². The number of hydrogen-bond donors (Lipinski definition) is 1. The lowest BCUT2D eigenvalue weighted by Crippen LogP contribution is -2.47. The summed E-state index contributed by atoms with van der Waals surface area (Å²) >= 11 is 0. The molecule has 2 aromatic rings. The molecule has 0 aliphatic heterocycles. The van der Waals surface area contributed by atoms with Gasteiger partial charge in [-0.2, -0.15) is 0 Å². The van der Waals surface area contributed by atoms with Crippen LogP contribution in [0.4, 0.5) is 10.5 Å². The topological polar surface area (TPSA) is 146 Å². The zero-order chi connectivity index (χ0) is 23.0. The van der Waals surface area contributed by atoms with Gasteiger partial charge in [-0.25, -0.2) is 14.4 Å². The molecule has 0 fully saturated rings. The minimum atomic E-state index is -1.46. The van der Waals surface area contributed by atoms with E-state index in [-0.39, 0.29) is 11.4 Å². The Morgan fingerprint density at radius 1 is 1.23 bits per heavy atom. The maximum absolute atomic E-state index is 12.2. The van der Waals surface area contributed by atoms with Crippen molar-refractivity contribution >= 4 is 28.8 Å². The Morgan fingerprint density at radius 3 is 2.23 bits per heavy atom. The number of amides is 1. The molecule has 30 heavy (non-hydrogen) atoms. The summed E-state index contributed by atoms with van der Waals surface area (Å²) in [5.41, 5.74) is -0.966. The van der Waals surface area contributed by atoms with Gasteiger partial charge in [0.15, 0.2) is 11.8 Å². The van der Waals surface area contributed by atoms with Gasteiger partial charge in [0.1, 0.15) is 12.2 Å². The third-order valence-electron chi connectivity index (χ3n) is 4.38. The van der Waals surface area contributed by atoms with Gasteiger partial charge in [0, 0.05) is 33.3 Å². The maximum atomic E-state index is 12.2. The molecule has 12 nitrogen and oxygen atoms in total. The fraction of sp³-hybridized carbons (Fsp3) is 0.500. The van der Waals surface area contributed by atoms with Crippen LogP contribution in [-0.2, 0) is 23.6 Å². The summed E-state index contributed by atoms with van der Waals surface area (Å²) in [6.07, 6.45) is -0.881. The van der Waals surface area contributed by atoms with Crippen molar-refractivity contribution < 1.29 is 29.1 Å². The van der Waals surface area contributed by atoms with Crippen LogP contribution >= 0.6 is 0 Å². The number of carbonyl (C=O) groups is 2. The molecule has 1 aromatic heterocycles. The molecule has 164 valence electrons. The predicted octanol–water partition coefficient (Wildman–Crippen LogP) is 1.48. The lowest BCUT2D eigenvalue weighted by molar-refractivity contribution is -0.385. The van der Waals surface area contributed by atoms with Gasteiger partial charge in [0.25, 0.3) is 0 Å². The number of carboxylic acids is 1. The molecule has 1 N–H and O–H groups in total. The molecule has 1 atom stereocenters. The van der Waals surface area contributed by atoms with Crippen LogP contribution in [-0.4, -0.2) is 61.4 Å². The van der Waals surface area contributed by atoms with Crippen molar-refractivity contribution in [2.75, 3.05) is 13.7 Å². The average molecular weight is 424 g/mol. The molecule has 0 bridgehead atoms. The molecular weight excluding hydrogens is 400 g/mol. The van der Waals surface area contributed by atoms with E-state index in [0.717, 1.165) is 4.90 Å². The van der Waals surface area contributed by atoms with Gasteiger partial charge >= 0.3 is 23.4 Å². The first kappa shape index (κ1) is 22.7. The Bertz CT molecular complexity index is 1060. The molecule has 2 rings (SSSR count). The van der Waals surface area contributed by atoms with Gasteiger partial charge in [-0.15, -0.1) is 0 Å². The predicted molar refractivity (Wildman–Crippen MR) is 106 cm³/mol. The number of aromatic nitrogens is 2. The van der Waals surface area contributed by atoms with E-state index in [9.17, 15) is 29.6 Å². The molecule has 1 amide bonds. The Morgan fingerprint density at radius 2 is 1.77 bits per heavy atom. The smallest absolute Gasteiger partial charge is 0.410 e. The third kappa shape index (κ3) is 4.53. The normalized spacial score (nSPS) is 12.5. The minimum Gasteiger partial charge on any atom is -0.484 e. The maximum Gasteiger partial charge on any atom is 0.410 e. The molecule has 0 spiro atoms. The minimum absolute atomic E-state index is 0.225. The second-order valence-corrected chi connectivity index (χ2v) is 7.72. The summed E-state index contributed by atoms with van der Waals surface area (Å²) in [4.78, 5) is 47.6. The largest absolute Gasteiger partial charge is 0.484 e.